The summed E-state index contributed by atoms with van der Waals surface area (Å²) in [6.45, 7) is 0.314. The molecule has 2 aliphatic heterocycles. The predicted molar refractivity (Wildman–Crippen MR) is 136 cm³/mol. The Balaban J connectivity index is 1.27. The standard InChI is InChI=1S/C27H24F5N7O/c28-22(29)16-38-23-18(14-35-38)13-34-25(36-23)37-10-8-26(9-11-37)12-20(17-4-2-1-3-5-17)39(24(26)40)19-6-7-21(33-15-19)27(30,31)32/h1-7,13-15,20,22H,8-12,16H2. The number of carbonyl (C=O) groups is 1. The number of rotatable bonds is 5. The Morgan fingerprint density at radius 2 is 1.73 bits per heavy atom. The van der Waals surface area contributed by atoms with E-state index in [4.69, 9.17) is 0 Å². The Labute approximate surface area is 225 Å². The Morgan fingerprint density at radius 3 is 2.38 bits per heavy atom. The number of halogens is 5. The van der Waals surface area contributed by atoms with Gasteiger partial charge in [-0.1, -0.05) is 30.3 Å². The first-order chi connectivity index (χ1) is 19.1. The monoisotopic (exact) mass is 557 g/mol. The molecule has 208 valence electrons. The highest BCUT2D eigenvalue weighted by molar-refractivity contribution is 6.01. The number of hydrogen-bond acceptors (Lipinski definition) is 6. The van der Waals surface area contributed by atoms with Crippen LogP contribution in [0.5, 0.6) is 0 Å². The fourth-order valence-corrected chi connectivity index (χ4v) is 5.71. The van der Waals surface area contributed by atoms with Gasteiger partial charge in [0.05, 0.1) is 34.9 Å². The lowest BCUT2D eigenvalue weighted by atomic mass is 9.75. The molecule has 6 rings (SSSR count). The Morgan fingerprint density at radius 1 is 0.975 bits per heavy atom. The number of hydrogen-bond donors (Lipinski definition) is 0. The lowest BCUT2D eigenvalue weighted by molar-refractivity contribution is -0.141. The van der Waals surface area contributed by atoms with Crippen LogP contribution in [0.1, 0.15) is 36.6 Å². The van der Waals surface area contributed by atoms with E-state index < -0.39 is 30.3 Å². The van der Waals surface area contributed by atoms with Gasteiger partial charge in [-0.2, -0.15) is 23.3 Å². The highest BCUT2D eigenvalue weighted by atomic mass is 19.4. The minimum Gasteiger partial charge on any atom is -0.341 e. The summed E-state index contributed by atoms with van der Waals surface area (Å²) in [6, 6.07) is 11.2. The van der Waals surface area contributed by atoms with E-state index in [1.807, 2.05) is 35.2 Å². The first kappa shape index (κ1) is 26.1. The third kappa shape index (κ3) is 4.62. The lowest BCUT2D eigenvalue weighted by Gasteiger charge is -2.37. The van der Waals surface area contributed by atoms with Crippen LogP contribution >= 0.6 is 0 Å². The second-order valence-corrected chi connectivity index (χ2v) is 10.1. The summed E-state index contributed by atoms with van der Waals surface area (Å²) in [4.78, 5) is 30.0. The summed E-state index contributed by atoms with van der Waals surface area (Å²) in [5.74, 6) is 0.209. The summed E-state index contributed by atoms with van der Waals surface area (Å²) < 4.78 is 66.5. The molecule has 40 heavy (non-hydrogen) atoms. The molecule has 0 aliphatic carbocycles. The number of alkyl halides is 5. The van der Waals surface area contributed by atoms with Crippen molar-refractivity contribution in [1.82, 2.24) is 24.7 Å². The smallest absolute Gasteiger partial charge is 0.341 e. The molecule has 2 saturated heterocycles. The van der Waals surface area contributed by atoms with Gasteiger partial charge in [-0.3, -0.25) is 4.79 Å². The van der Waals surface area contributed by atoms with Crippen molar-refractivity contribution in [2.45, 2.75) is 44.5 Å². The van der Waals surface area contributed by atoms with Crippen LogP contribution in [0.25, 0.3) is 11.0 Å². The average molecular weight is 558 g/mol. The SMILES string of the molecule is O=C1N(c2ccc(C(F)(F)F)nc2)C(c2ccccc2)CC12CCN(c1ncc3cnn(CC(F)F)c3n1)CC2. The van der Waals surface area contributed by atoms with Gasteiger partial charge in [0, 0.05) is 19.3 Å². The van der Waals surface area contributed by atoms with Crippen LogP contribution in [0.15, 0.2) is 61.1 Å². The van der Waals surface area contributed by atoms with E-state index in [9.17, 15) is 26.7 Å². The number of amides is 1. The summed E-state index contributed by atoms with van der Waals surface area (Å²) in [6.07, 6.45) is -1.63. The quantitative estimate of drug-likeness (QED) is 0.311. The fraction of sp³-hybridized carbons (Fsp3) is 0.370. The first-order valence-electron chi connectivity index (χ1n) is 12.8. The normalized spacial score (nSPS) is 19.4. The number of piperidine rings is 1. The van der Waals surface area contributed by atoms with Crippen molar-refractivity contribution in [2.24, 2.45) is 5.41 Å². The Bertz CT molecular complexity index is 1520. The zero-order chi connectivity index (χ0) is 28.1. The maximum absolute atomic E-state index is 14.0. The van der Waals surface area contributed by atoms with Gasteiger partial charge in [0.1, 0.15) is 12.2 Å². The molecule has 0 saturated carbocycles. The van der Waals surface area contributed by atoms with E-state index in [0.29, 0.717) is 55.0 Å². The van der Waals surface area contributed by atoms with Crippen LogP contribution in [0.2, 0.25) is 0 Å². The van der Waals surface area contributed by atoms with Crippen molar-refractivity contribution in [3.05, 3.63) is 72.3 Å². The molecule has 1 unspecified atom stereocenters. The van der Waals surface area contributed by atoms with Gasteiger partial charge in [0.15, 0.2) is 5.65 Å². The van der Waals surface area contributed by atoms with Gasteiger partial charge in [0.2, 0.25) is 11.9 Å². The van der Waals surface area contributed by atoms with Crippen LogP contribution in [-0.4, -0.2) is 50.2 Å². The molecule has 1 atom stereocenters. The lowest BCUT2D eigenvalue weighted by Crippen LogP contribution is -2.45. The number of carbonyl (C=O) groups excluding carboxylic acids is 1. The molecule has 2 fully saturated rings. The number of pyridine rings is 1. The number of benzene rings is 1. The van der Waals surface area contributed by atoms with E-state index in [1.165, 1.54) is 12.3 Å². The molecule has 1 amide bonds. The number of fused-ring (bicyclic) bond motifs is 1. The van der Waals surface area contributed by atoms with Gasteiger partial charge >= 0.3 is 6.18 Å². The number of anilines is 2. The summed E-state index contributed by atoms with van der Waals surface area (Å²) >= 11 is 0. The van der Waals surface area contributed by atoms with Crippen LogP contribution in [0.4, 0.5) is 33.6 Å². The molecule has 1 spiro atoms. The molecule has 0 N–H and O–H groups in total. The molecule has 8 nitrogen and oxygen atoms in total. The van der Waals surface area contributed by atoms with Crippen molar-refractivity contribution >= 4 is 28.6 Å². The van der Waals surface area contributed by atoms with Gasteiger partial charge in [-0.25, -0.2) is 23.4 Å². The Kier molecular flexibility index (Phi) is 6.38. The van der Waals surface area contributed by atoms with E-state index in [2.05, 4.69) is 20.1 Å². The van der Waals surface area contributed by atoms with Crippen molar-refractivity contribution in [1.29, 1.82) is 0 Å². The molecule has 2 aliphatic rings. The highest BCUT2D eigenvalue weighted by Gasteiger charge is 2.53. The third-order valence-electron chi connectivity index (χ3n) is 7.75. The molecule has 5 heterocycles. The number of nitrogens with zero attached hydrogens (tertiary/aromatic N) is 7. The molecular formula is C27H24F5N7O. The summed E-state index contributed by atoms with van der Waals surface area (Å²) in [5, 5.41) is 4.53. The van der Waals surface area contributed by atoms with Crippen molar-refractivity contribution in [3.63, 3.8) is 0 Å². The molecular weight excluding hydrogens is 533 g/mol. The van der Waals surface area contributed by atoms with Crippen molar-refractivity contribution in [3.8, 4) is 0 Å². The molecule has 0 bridgehead atoms. The highest BCUT2D eigenvalue weighted by Crippen LogP contribution is 2.51. The maximum atomic E-state index is 14.0. The van der Waals surface area contributed by atoms with Gasteiger partial charge in [-0.05, 0) is 37.0 Å². The van der Waals surface area contributed by atoms with Crippen LogP contribution in [-0.2, 0) is 17.5 Å². The van der Waals surface area contributed by atoms with E-state index in [0.717, 1.165) is 22.5 Å². The van der Waals surface area contributed by atoms with E-state index in [-0.39, 0.29) is 11.9 Å². The molecule has 1 aromatic carbocycles. The first-order valence-corrected chi connectivity index (χ1v) is 12.8. The fourth-order valence-electron chi connectivity index (χ4n) is 5.71. The van der Waals surface area contributed by atoms with Crippen molar-refractivity contribution in [2.75, 3.05) is 22.9 Å². The summed E-state index contributed by atoms with van der Waals surface area (Å²) in [5.41, 5.74) is -0.244. The van der Waals surface area contributed by atoms with Gasteiger partial charge < -0.3 is 9.80 Å². The molecule has 3 aromatic heterocycles. The van der Waals surface area contributed by atoms with Crippen LogP contribution in [0.3, 0.4) is 0 Å². The Hall–Kier alpha value is -4.16. The largest absolute Gasteiger partial charge is 0.433 e. The molecule has 13 heteroatoms. The second kappa shape index (κ2) is 9.79. The average Bonchev–Trinajstić information content (AvgIpc) is 3.47. The maximum Gasteiger partial charge on any atom is 0.433 e. The van der Waals surface area contributed by atoms with Crippen LogP contribution in [0, 0.1) is 5.41 Å². The predicted octanol–water partition coefficient (Wildman–Crippen LogP) is 5.27. The summed E-state index contributed by atoms with van der Waals surface area (Å²) in [7, 11) is 0. The van der Waals surface area contributed by atoms with Gasteiger partial charge in [-0.15, -0.1) is 0 Å². The van der Waals surface area contributed by atoms with Crippen LogP contribution < -0.4 is 9.80 Å². The second-order valence-electron chi connectivity index (χ2n) is 10.1. The zero-order valence-electron chi connectivity index (χ0n) is 21.1. The molecule has 4 aromatic rings. The molecule has 0 radical (unpaired) electrons. The number of aromatic nitrogens is 5. The minimum atomic E-state index is -4.58. The zero-order valence-corrected chi connectivity index (χ0v) is 21.1. The van der Waals surface area contributed by atoms with Crippen molar-refractivity contribution < 1.29 is 26.7 Å². The third-order valence-corrected chi connectivity index (χ3v) is 7.75. The van der Waals surface area contributed by atoms with E-state index >= 15 is 0 Å². The van der Waals surface area contributed by atoms with E-state index in [1.54, 1.807) is 11.1 Å². The topological polar surface area (TPSA) is 80.0 Å². The van der Waals surface area contributed by atoms with Gasteiger partial charge in [0.25, 0.3) is 6.43 Å². The minimum absolute atomic E-state index is 0.158.